The number of hydrogen-bond acceptors (Lipinski definition) is 4. The summed E-state index contributed by atoms with van der Waals surface area (Å²) < 4.78 is 6.08. The number of pyridine rings is 2. The van der Waals surface area contributed by atoms with Crippen molar-refractivity contribution >= 4 is 15.9 Å². The molecule has 4 nitrogen and oxygen atoms in total. The Bertz CT molecular complexity index is 534. The van der Waals surface area contributed by atoms with Crippen molar-refractivity contribution in [3.8, 4) is 5.75 Å². The van der Waals surface area contributed by atoms with Crippen LogP contribution in [0.1, 0.15) is 17.2 Å². The molecule has 0 spiro atoms. The molecule has 1 N–H and O–H groups in total. The molecule has 0 aliphatic carbocycles. The average molecular weight is 309 g/mol. The standard InChI is InChI=1S/C13H13BrN2O2/c1-18-13-8-15-3-2-11(13)12(17)5-9-4-10(14)7-16-6-9/h2-4,6-8,12,17H,5H2,1H3. The molecular formula is C13H13BrN2O2. The highest BCUT2D eigenvalue weighted by Crippen LogP contribution is 2.26. The van der Waals surface area contributed by atoms with Gasteiger partial charge in [0.1, 0.15) is 5.75 Å². The molecule has 0 radical (unpaired) electrons. The zero-order valence-electron chi connectivity index (χ0n) is 9.88. The van der Waals surface area contributed by atoms with Gasteiger partial charge in [0, 0.05) is 35.0 Å². The molecule has 0 saturated heterocycles. The third-order valence-electron chi connectivity index (χ3n) is 2.59. The van der Waals surface area contributed by atoms with E-state index in [1.807, 2.05) is 6.07 Å². The van der Waals surface area contributed by atoms with E-state index >= 15 is 0 Å². The van der Waals surface area contributed by atoms with Gasteiger partial charge in [-0.2, -0.15) is 0 Å². The third kappa shape index (κ3) is 3.05. The minimum Gasteiger partial charge on any atom is -0.495 e. The minimum atomic E-state index is -0.640. The normalized spacial score (nSPS) is 12.2. The monoisotopic (exact) mass is 308 g/mol. The second-order valence-corrected chi connectivity index (χ2v) is 4.76. The highest BCUT2D eigenvalue weighted by Gasteiger charge is 2.14. The van der Waals surface area contributed by atoms with Crippen molar-refractivity contribution in [2.45, 2.75) is 12.5 Å². The third-order valence-corrected chi connectivity index (χ3v) is 3.02. The van der Waals surface area contributed by atoms with E-state index in [-0.39, 0.29) is 0 Å². The maximum Gasteiger partial charge on any atom is 0.142 e. The van der Waals surface area contributed by atoms with Crippen molar-refractivity contribution in [3.63, 3.8) is 0 Å². The van der Waals surface area contributed by atoms with Gasteiger partial charge in [-0.05, 0) is 33.6 Å². The zero-order chi connectivity index (χ0) is 13.0. The molecule has 0 amide bonds. The van der Waals surface area contributed by atoms with Gasteiger partial charge in [-0.3, -0.25) is 9.97 Å². The van der Waals surface area contributed by atoms with Crippen LogP contribution in [-0.2, 0) is 6.42 Å². The molecule has 0 aliphatic heterocycles. The molecule has 2 heterocycles. The lowest BCUT2D eigenvalue weighted by atomic mass is 10.0. The van der Waals surface area contributed by atoms with E-state index in [1.165, 1.54) is 0 Å². The molecule has 1 atom stereocenters. The van der Waals surface area contributed by atoms with Gasteiger partial charge in [-0.25, -0.2) is 0 Å². The Labute approximate surface area is 114 Å². The van der Waals surface area contributed by atoms with E-state index in [2.05, 4.69) is 25.9 Å². The molecule has 2 aromatic heterocycles. The SMILES string of the molecule is COc1cnccc1C(O)Cc1cncc(Br)c1. The number of aliphatic hydroxyl groups excluding tert-OH is 1. The molecule has 18 heavy (non-hydrogen) atoms. The largest absolute Gasteiger partial charge is 0.495 e. The van der Waals surface area contributed by atoms with Crippen LogP contribution in [0.15, 0.2) is 41.4 Å². The number of methoxy groups -OCH3 is 1. The highest BCUT2D eigenvalue weighted by molar-refractivity contribution is 9.10. The number of rotatable bonds is 4. The van der Waals surface area contributed by atoms with E-state index in [1.54, 1.807) is 38.0 Å². The Hall–Kier alpha value is -1.46. The van der Waals surface area contributed by atoms with Crippen LogP contribution in [0.4, 0.5) is 0 Å². The van der Waals surface area contributed by atoms with Gasteiger partial charge in [-0.15, -0.1) is 0 Å². The lowest BCUT2D eigenvalue weighted by molar-refractivity contribution is 0.173. The van der Waals surface area contributed by atoms with Gasteiger partial charge in [-0.1, -0.05) is 0 Å². The molecule has 2 aromatic rings. The summed E-state index contributed by atoms with van der Waals surface area (Å²) in [4.78, 5) is 8.04. The van der Waals surface area contributed by atoms with Crippen LogP contribution in [-0.4, -0.2) is 22.2 Å². The van der Waals surface area contributed by atoms with Crippen LogP contribution in [0.3, 0.4) is 0 Å². The van der Waals surface area contributed by atoms with E-state index in [4.69, 9.17) is 4.74 Å². The molecule has 5 heteroatoms. The Morgan fingerprint density at radius 2 is 2.17 bits per heavy atom. The van der Waals surface area contributed by atoms with Crippen molar-refractivity contribution in [2.24, 2.45) is 0 Å². The molecule has 0 aromatic carbocycles. The van der Waals surface area contributed by atoms with Gasteiger partial charge < -0.3 is 9.84 Å². The Morgan fingerprint density at radius 3 is 2.89 bits per heavy atom. The van der Waals surface area contributed by atoms with E-state index < -0.39 is 6.10 Å². The summed E-state index contributed by atoms with van der Waals surface area (Å²) >= 11 is 3.36. The molecule has 94 valence electrons. The molecule has 0 fully saturated rings. The molecule has 0 aliphatic rings. The summed E-state index contributed by atoms with van der Waals surface area (Å²) in [6, 6.07) is 3.69. The Balaban J connectivity index is 2.19. The van der Waals surface area contributed by atoms with Gasteiger partial charge in [0.05, 0.1) is 19.4 Å². The first-order chi connectivity index (χ1) is 8.70. The summed E-state index contributed by atoms with van der Waals surface area (Å²) in [6.45, 7) is 0. The lowest BCUT2D eigenvalue weighted by Crippen LogP contribution is -2.04. The fourth-order valence-electron chi connectivity index (χ4n) is 1.74. The van der Waals surface area contributed by atoms with Gasteiger partial charge in [0.15, 0.2) is 0 Å². The number of halogens is 1. The number of nitrogens with zero attached hydrogens (tertiary/aromatic N) is 2. The first-order valence-corrected chi connectivity index (χ1v) is 6.25. The van der Waals surface area contributed by atoms with E-state index in [0.29, 0.717) is 12.2 Å². The average Bonchev–Trinajstić information content (AvgIpc) is 2.38. The number of hydrogen-bond donors (Lipinski definition) is 1. The van der Waals surface area contributed by atoms with Gasteiger partial charge in [0.2, 0.25) is 0 Å². The van der Waals surface area contributed by atoms with Crippen molar-refractivity contribution < 1.29 is 9.84 Å². The quantitative estimate of drug-likeness (QED) is 0.943. The number of aliphatic hydroxyl groups is 1. The number of ether oxygens (including phenoxy) is 1. The summed E-state index contributed by atoms with van der Waals surface area (Å²) in [5, 5.41) is 10.2. The number of aromatic nitrogens is 2. The van der Waals surface area contributed by atoms with Crippen LogP contribution in [0.5, 0.6) is 5.75 Å². The molecule has 2 rings (SSSR count). The van der Waals surface area contributed by atoms with Crippen LogP contribution < -0.4 is 4.74 Å². The maximum absolute atomic E-state index is 10.2. The van der Waals surface area contributed by atoms with Crippen LogP contribution in [0, 0.1) is 0 Å². The van der Waals surface area contributed by atoms with Gasteiger partial charge in [0.25, 0.3) is 0 Å². The summed E-state index contributed by atoms with van der Waals surface area (Å²) in [6.07, 6.45) is 6.52. The summed E-state index contributed by atoms with van der Waals surface area (Å²) in [5.41, 5.74) is 1.68. The molecule has 1 unspecified atom stereocenters. The van der Waals surface area contributed by atoms with Crippen molar-refractivity contribution in [1.82, 2.24) is 9.97 Å². The van der Waals surface area contributed by atoms with Crippen molar-refractivity contribution in [3.05, 3.63) is 52.5 Å². The minimum absolute atomic E-state index is 0.479. The Morgan fingerprint density at radius 1 is 1.33 bits per heavy atom. The fourth-order valence-corrected chi connectivity index (χ4v) is 2.15. The first kappa shape index (κ1) is 13.0. The van der Waals surface area contributed by atoms with Gasteiger partial charge >= 0.3 is 0 Å². The molecule has 0 saturated carbocycles. The van der Waals surface area contributed by atoms with Crippen LogP contribution in [0.2, 0.25) is 0 Å². The molecule has 0 bridgehead atoms. The zero-order valence-corrected chi connectivity index (χ0v) is 11.5. The fraction of sp³-hybridized carbons (Fsp3) is 0.231. The maximum atomic E-state index is 10.2. The second-order valence-electron chi connectivity index (χ2n) is 3.85. The topological polar surface area (TPSA) is 55.2 Å². The smallest absolute Gasteiger partial charge is 0.142 e. The van der Waals surface area contributed by atoms with E-state index in [9.17, 15) is 5.11 Å². The summed E-state index contributed by atoms with van der Waals surface area (Å²) in [7, 11) is 1.56. The highest BCUT2D eigenvalue weighted by atomic mass is 79.9. The van der Waals surface area contributed by atoms with Crippen LogP contribution >= 0.6 is 15.9 Å². The lowest BCUT2D eigenvalue weighted by Gasteiger charge is -2.14. The van der Waals surface area contributed by atoms with Crippen LogP contribution in [0.25, 0.3) is 0 Å². The predicted octanol–water partition coefficient (Wildman–Crippen LogP) is 2.52. The van der Waals surface area contributed by atoms with Crippen molar-refractivity contribution in [1.29, 1.82) is 0 Å². The molecular weight excluding hydrogens is 296 g/mol. The Kier molecular flexibility index (Phi) is 4.28. The predicted molar refractivity (Wildman–Crippen MR) is 71.4 cm³/mol. The van der Waals surface area contributed by atoms with E-state index in [0.717, 1.165) is 15.6 Å². The second kappa shape index (κ2) is 5.93. The van der Waals surface area contributed by atoms with Crippen molar-refractivity contribution in [2.75, 3.05) is 7.11 Å². The first-order valence-electron chi connectivity index (χ1n) is 5.46. The summed E-state index contributed by atoms with van der Waals surface area (Å²) in [5.74, 6) is 0.591.